The smallest absolute Gasteiger partial charge is 0.748 e. The summed E-state index contributed by atoms with van der Waals surface area (Å²) in [5, 5.41) is 6.55. The molecule has 0 aliphatic heterocycles. The van der Waals surface area contributed by atoms with E-state index in [-0.39, 0.29) is 47.4 Å². The summed E-state index contributed by atoms with van der Waals surface area (Å²) < 4.78 is 32.5. The van der Waals surface area contributed by atoms with Crippen LogP contribution in [0.15, 0.2) is 97.1 Å². The number of carbonyl (C=O) groups is 2. The van der Waals surface area contributed by atoms with E-state index in [2.05, 4.69) is 43.6 Å². The van der Waals surface area contributed by atoms with Gasteiger partial charge in [-0.3, -0.25) is 9.59 Å². The van der Waals surface area contributed by atoms with Gasteiger partial charge in [0.25, 0.3) is 5.91 Å². The minimum Gasteiger partial charge on any atom is -0.748 e. The molecule has 0 bridgehead atoms. The number of benzene rings is 4. The maximum absolute atomic E-state index is 13.8. The third-order valence-corrected chi connectivity index (χ3v) is 8.37. The van der Waals surface area contributed by atoms with Crippen LogP contribution in [-0.2, 0) is 21.3 Å². The van der Waals surface area contributed by atoms with Crippen LogP contribution in [0.25, 0.3) is 17.2 Å². The number of halogens is 2. The van der Waals surface area contributed by atoms with Gasteiger partial charge in [-0.1, -0.05) is 111 Å². The largest absolute Gasteiger partial charge is 1.00 e. The summed E-state index contributed by atoms with van der Waals surface area (Å²) >= 11 is 12.4. The van der Waals surface area contributed by atoms with Gasteiger partial charge in [0.1, 0.15) is 0 Å². The van der Waals surface area contributed by atoms with Crippen molar-refractivity contribution in [3.8, 4) is 11.1 Å². The van der Waals surface area contributed by atoms with Crippen LogP contribution in [-0.4, -0.2) is 37.1 Å². The minimum absolute atomic E-state index is 0. The molecule has 0 aliphatic carbocycles. The van der Waals surface area contributed by atoms with Crippen molar-refractivity contribution in [2.75, 3.05) is 17.6 Å². The zero-order chi connectivity index (χ0) is 33.5. The van der Waals surface area contributed by atoms with Gasteiger partial charge in [-0.05, 0) is 70.5 Å². The standard InChI is InChI=1S/C36H36Cl2N2O5S.Na/c1-36(2,3)19-18-24-4-8-27(9-5-24)32(22-25-6-10-28(11-7-25)34(41)39-20-21-46(43,44)45)35(42)40-30-15-12-26(13-16-30)31-17-14-29(37)23-33(31)38;/h4-19,23,32H,20-22H2,1-3H3,(H,39,41)(H,40,42)(H,43,44,45);/q;+1/p-1/b19-18+;. The fourth-order valence-electron chi connectivity index (χ4n) is 4.65. The van der Waals surface area contributed by atoms with Gasteiger partial charge in [-0.25, -0.2) is 8.42 Å². The van der Waals surface area contributed by atoms with Gasteiger partial charge in [0.2, 0.25) is 5.91 Å². The van der Waals surface area contributed by atoms with Gasteiger partial charge in [-0.15, -0.1) is 0 Å². The van der Waals surface area contributed by atoms with Crippen LogP contribution >= 0.6 is 23.2 Å². The molecule has 47 heavy (non-hydrogen) atoms. The molecule has 2 N–H and O–H groups in total. The Morgan fingerprint density at radius 2 is 1.53 bits per heavy atom. The Balaban J connectivity index is 0.00000600. The number of amides is 2. The molecule has 0 spiro atoms. The monoisotopic (exact) mass is 700 g/mol. The summed E-state index contributed by atoms with van der Waals surface area (Å²) in [4.78, 5) is 26.2. The van der Waals surface area contributed by atoms with Crippen LogP contribution in [0.1, 0.15) is 53.7 Å². The molecule has 0 saturated heterocycles. The molecule has 2 amide bonds. The molecule has 0 saturated carbocycles. The fraction of sp³-hybridized carbons (Fsp3) is 0.222. The van der Waals surface area contributed by atoms with Crippen molar-refractivity contribution >= 4 is 56.9 Å². The molecule has 4 rings (SSSR count). The first-order chi connectivity index (χ1) is 21.7. The van der Waals surface area contributed by atoms with Gasteiger partial charge >= 0.3 is 29.6 Å². The molecule has 0 heterocycles. The molecule has 0 fully saturated rings. The number of hydrogen-bond acceptors (Lipinski definition) is 5. The van der Waals surface area contributed by atoms with Crippen molar-refractivity contribution in [2.45, 2.75) is 33.1 Å². The maximum Gasteiger partial charge on any atom is 1.00 e. The Morgan fingerprint density at radius 1 is 0.894 bits per heavy atom. The van der Waals surface area contributed by atoms with E-state index in [1.165, 1.54) is 0 Å². The molecular formula is C36H35Cl2N2NaO5S. The van der Waals surface area contributed by atoms with Crippen LogP contribution in [0.5, 0.6) is 0 Å². The van der Waals surface area contributed by atoms with Crippen molar-refractivity contribution in [1.29, 1.82) is 0 Å². The Bertz CT molecular complexity index is 1820. The average Bonchev–Trinajstić information content (AvgIpc) is 2.99. The number of allylic oxidation sites excluding steroid dienone is 1. The van der Waals surface area contributed by atoms with E-state index in [4.69, 9.17) is 23.2 Å². The Hall–Kier alpha value is -2.95. The van der Waals surface area contributed by atoms with E-state index in [1.54, 1.807) is 36.4 Å². The normalized spacial score (nSPS) is 12.3. The van der Waals surface area contributed by atoms with E-state index < -0.39 is 27.7 Å². The average molecular weight is 702 g/mol. The first-order valence-corrected chi connectivity index (χ1v) is 17.0. The Morgan fingerprint density at radius 3 is 2.11 bits per heavy atom. The minimum atomic E-state index is -4.43. The van der Waals surface area contributed by atoms with Gasteiger partial charge in [-0.2, -0.15) is 0 Å². The second-order valence-electron chi connectivity index (χ2n) is 12.0. The summed E-state index contributed by atoms with van der Waals surface area (Å²) in [5.74, 6) is -1.92. The number of nitrogens with one attached hydrogen (secondary N) is 2. The molecule has 240 valence electrons. The number of rotatable bonds is 11. The van der Waals surface area contributed by atoms with Crippen molar-refractivity contribution in [3.63, 3.8) is 0 Å². The predicted molar refractivity (Wildman–Crippen MR) is 185 cm³/mol. The van der Waals surface area contributed by atoms with E-state index in [9.17, 15) is 22.6 Å². The Labute approximate surface area is 308 Å². The number of carbonyl (C=O) groups excluding carboxylic acids is 2. The van der Waals surface area contributed by atoms with E-state index in [0.717, 1.165) is 27.8 Å². The van der Waals surface area contributed by atoms with Crippen LogP contribution < -0.4 is 40.2 Å². The fourth-order valence-corrected chi connectivity index (χ4v) is 5.52. The van der Waals surface area contributed by atoms with Crippen molar-refractivity contribution in [3.05, 3.63) is 129 Å². The summed E-state index contributed by atoms with van der Waals surface area (Å²) in [5.41, 5.74) is 5.36. The summed E-state index contributed by atoms with van der Waals surface area (Å²) in [6.45, 7) is 6.10. The van der Waals surface area contributed by atoms with Crippen LogP contribution in [0.3, 0.4) is 0 Å². The van der Waals surface area contributed by atoms with Crippen LogP contribution in [0.4, 0.5) is 5.69 Å². The zero-order valence-corrected chi connectivity index (χ0v) is 31.0. The molecular weight excluding hydrogens is 666 g/mol. The molecule has 0 aliphatic rings. The summed E-state index contributed by atoms with van der Waals surface area (Å²) in [6, 6.07) is 27.3. The third kappa shape index (κ3) is 12.2. The number of anilines is 1. The summed E-state index contributed by atoms with van der Waals surface area (Å²) in [6.07, 6.45) is 4.55. The quantitative estimate of drug-likeness (QED) is 0.170. The Kier molecular flexibility index (Phi) is 13.9. The second kappa shape index (κ2) is 16.9. The van der Waals surface area contributed by atoms with Crippen molar-refractivity contribution in [1.82, 2.24) is 5.32 Å². The molecule has 1 atom stereocenters. The summed E-state index contributed by atoms with van der Waals surface area (Å²) in [7, 11) is -4.43. The van der Waals surface area contributed by atoms with E-state index in [1.807, 2.05) is 54.6 Å². The molecule has 11 heteroatoms. The van der Waals surface area contributed by atoms with Gasteiger partial charge in [0.05, 0.1) is 21.8 Å². The molecule has 0 aromatic heterocycles. The zero-order valence-electron chi connectivity index (χ0n) is 26.7. The SMILES string of the molecule is CC(C)(C)/C=C/c1ccc(C(Cc2ccc(C(=O)NCCS(=O)(=O)[O-])cc2)C(=O)Nc2ccc(-c3ccc(Cl)cc3Cl)cc2)cc1.[Na+]. The predicted octanol–water partition coefficient (Wildman–Crippen LogP) is 4.96. The van der Waals surface area contributed by atoms with E-state index >= 15 is 0 Å². The topological polar surface area (TPSA) is 115 Å². The second-order valence-corrected chi connectivity index (χ2v) is 14.4. The van der Waals surface area contributed by atoms with Gasteiger partial charge < -0.3 is 15.2 Å². The first-order valence-electron chi connectivity index (χ1n) is 14.6. The van der Waals surface area contributed by atoms with Crippen molar-refractivity contribution < 1.29 is 52.1 Å². The van der Waals surface area contributed by atoms with Crippen LogP contribution in [0, 0.1) is 5.41 Å². The first kappa shape index (κ1) is 38.5. The molecule has 1 unspecified atom stereocenters. The van der Waals surface area contributed by atoms with E-state index in [0.29, 0.717) is 27.7 Å². The number of hydrogen-bond donors (Lipinski definition) is 2. The molecule has 7 nitrogen and oxygen atoms in total. The third-order valence-electron chi connectivity index (χ3n) is 7.12. The molecule has 4 aromatic carbocycles. The van der Waals surface area contributed by atoms with Crippen LogP contribution in [0.2, 0.25) is 10.0 Å². The van der Waals surface area contributed by atoms with Gasteiger partial charge in [0, 0.05) is 33.4 Å². The molecule has 0 radical (unpaired) electrons. The maximum atomic E-state index is 13.8. The van der Waals surface area contributed by atoms with Crippen molar-refractivity contribution in [2.24, 2.45) is 5.41 Å². The molecule has 4 aromatic rings. The van der Waals surface area contributed by atoms with Gasteiger partial charge in [0.15, 0.2) is 0 Å².